The summed E-state index contributed by atoms with van der Waals surface area (Å²) in [5.74, 6) is 0.0835. The van der Waals surface area contributed by atoms with E-state index in [2.05, 4.69) is 22.1 Å². The third-order valence-corrected chi connectivity index (χ3v) is 6.73. The standard InChI is InChI=1S/C23H24N2OS/c26-22(23-10-5-11-27-23)14-17(20-12-15-6-1-3-8-18(15)24-20)21-13-16-7-2-4-9-19(16)25-21/h5,10-14,24-25H,1-4,6-9H2. The van der Waals surface area contributed by atoms with Crippen LogP contribution in [0.2, 0.25) is 0 Å². The number of rotatable bonds is 4. The second-order valence-electron chi connectivity index (χ2n) is 7.69. The van der Waals surface area contributed by atoms with Crippen LogP contribution >= 0.6 is 11.3 Å². The number of aromatic amines is 2. The number of carbonyl (C=O) groups excluding carboxylic acids is 1. The topological polar surface area (TPSA) is 48.6 Å². The van der Waals surface area contributed by atoms with E-state index in [1.54, 1.807) is 0 Å². The van der Waals surface area contributed by atoms with E-state index in [4.69, 9.17) is 0 Å². The maximum absolute atomic E-state index is 12.9. The fourth-order valence-electron chi connectivity index (χ4n) is 4.42. The Morgan fingerprint density at radius 3 is 2.00 bits per heavy atom. The van der Waals surface area contributed by atoms with Crippen molar-refractivity contribution in [2.24, 2.45) is 0 Å². The van der Waals surface area contributed by atoms with Crippen molar-refractivity contribution < 1.29 is 4.79 Å². The number of fused-ring (bicyclic) bond motifs is 2. The zero-order chi connectivity index (χ0) is 18.2. The van der Waals surface area contributed by atoms with E-state index in [1.807, 2.05) is 23.6 Å². The second-order valence-corrected chi connectivity index (χ2v) is 8.64. The van der Waals surface area contributed by atoms with Gasteiger partial charge in [-0.1, -0.05) is 6.07 Å². The van der Waals surface area contributed by atoms with Crippen LogP contribution < -0.4 is 0 Å². The first-order chi connectivity index (χ1) is 13.3. The van der Waals surface area contributed by atoms with Gasteiger partial charge in [-0.2, -0.15) is 0 Å². The summed E-state index contributed by atoms with van der Waals surface area (Å²) in [7, 11) is 0. The molecule has 2 aliphatic carbocycles. The highest BCUT2D eigenvalue weighted by molar-refractivity contribution is 7.12. The molecule has 0 unspecified atom stereocenters. The largest absolute Gasteiger partial charge is 0.358 e. The molecule has 0 atom stereocenters. The highest BCUT2D eigenvalue weighted by Gasteiger charge is 2.20. The lowest BCUT2D eigenvalue weighted by Crippen LogP contribution is -2.00. The molecule has 4 heteroatoms. The van der Waals surface area contributed by atoms with Gasteiger partial charge < -0.3 is 9.97 Å². The van der Waals surface area contributed by atoms with Crippen molar-refractivity contribution in [1.29, 1.82) is 0 Å². The molecule has 0 aliphatic heterocycles. The number of ketones is 1. The van der Waals surface area contributed by atoms with E-state index < -0.39 is 0 Å². The lowest BCUT2D eigenvalue weighted by atomic mass is 9.97. The molecular formula is C23H24N2OS. The molecule has 138 valence electrons. The van der Waals surface area contributed by atoms with Crippen molar-refractivity contribution in [2.45, 2.75) is 51.4 Å². The first-order valence-electron chi connectivity index (χ1n) is 10.00. The number of carbonyl (C=O) groups is 1. The molecule has 0 aromatic carbocycles. The Bertz CT molecular complexity index is 900. The predicted octanol–water partition coefficient (Wildman–Crippen LogP) is 5.48. The molecule has 0 amide bonds. The minimum atomic E-state index is 0.0835. The van der Waals surface area contributed by atoms with E-state index in [-0.39, 0.29) is 5.78 Å². The van der Waals surface area contributed by atoms with E-state index in [0.717, 1.165) is 47.5 Å². The Hall–Kier alpha value is -2.33. The molecule has 27 heavy (non-hydrogen) atoms. The van der Waals surface area contributed by atoms with Gasteiger partial charge in [0.15, 0.2) is 5.78 Å². The third-order valence-electron chi connectivity index (χ3n) is 5.85. The van der Waals surface area contributed by atoms with Crippen molar-refractivity contribution in [3.63, 3.8) is 0 Å². The van der Waals surface area contributed by atoms with Crippen LogP contribution in [0.3, 0.4) is 0 Å². The number of allylic oxidation sites excluding steroid dienone is 1. The lowest BCUT2D eigenvalue weighted by Gasteiger charge is -2.09. The number of hydrogen-bond acceptors (Lipinski definition) is 2. The number of hydrogen-bond donors (Lipinski definition) is 2. The lowest BCUT2D eigenvalue weighted by molar-refractivity contribution is 0.105. The normalized spacial score (nSPS) is 15.9. The summed E-state index contributed by atoms with van der Waals surface area (Å²) < 4.78 is 0. The van der Waals surface area contributed by atoms with Crippen LogP contribution in [0.5, 0.6) is 0 Å². The van der Waals surface area contributed by atoms with E-state index >= 15 is 0 Å². The van der Waals surface area contributed by atoms with Gasteiger partial charge in [0.2, 0.25) is 0 Å². The molecule has 0 saturated heterocycles. The van der Waals surface area contributed by atoms with Crippen LogP contribution in [0, 0.1) is 0 Å². The minimum absolute atomic E-state index is 0.0835. The summed E-state index contributed by atoms with van der Waals surface area (Å²) in [6, 6.07) is 8.37. The van der Waals surface area contributed by atoms with E-state index in [9.17, 15) is 4.79 Å². The molecule has 3 aromatic rings. The van der Waals surface area contributed by atoms with Crippen LogP contribution in [-0.2, 0) is 25.7 Å². The summed E-state index contributed by atoms with van der Waals surface area (Å²) >= 11 is 1.50. The number of thiophene rings is 1. The number of nitrogens with one attached hydrogen (secondary N) is 2. The first-order valence-corrected chi connectivity index (χ1v) is 10.9. The number of aryl methyl sites for hydroxylation is 4. The van der Waals surface area contributed by atoms with Crippen LogP contribution in [0.25, 0.3) is 5.57 Å². The fourth-order valence-corrected chi connectivity index (χ4v) is 5.05. The second kappa shape index (κ2) is 7.01. The molecule has 0 fully saturated rings. The molecule has 3 aromatic heterocycles. The maximum Gasteiger partial charge on any atom is 0.196 e. The molecule has 3 heterocycles. The maximum atomic E-state index is 12.9. The van der Waals surface area contributed by atoms with Gasteiger partial charge in [0, 0.05) is 28.3 Å². The quantitative estimate of drug-likeness (QED) is 0.460. The van der Waals surface area contributed by atoms with Crippen LogP contribution in [0.15, 0.2) is 35.7 Å². The zero-order valence-electron chi connectivity index (χ0n) is 15.4. The molecule has 0 radical (unpaired) electrons. The molecule has 5 rings (SSSR count). The number of aromatic nitrogens is 2. The van der Waals surface area contributed by atoms with Gasteiger partial charge in [0.1, 0.15) is 0 Å². The smallest absolute Gasteiger partial charge is 0.196 e. The summed E-state index contributed by atoms with van der Waals surface area (Å²) in [6.07, 6.45) is 11.3. The van der Waals surface area contributed by atoms with Crippen molar-refractivity contribution >= 4 is 22.7 Å². The summed E-state index contributed by atoms with van der Waals surface area (Å²) in [5.41, 5.74) is 8.68. The monoisotopic (exact) mass is 376 g/mol. The fraction of sp³-hybridized carbons (Fsp3) is 0.348. The Kier molecular flexibility index (Phi) is 4.36. The van der Waals surface area contributed by atoms with Gasteiger partial charge in [-0.25, -0.2) is 0 Å². The van der Waals surface area contributed by atoms with Crippen molar-refractivity contribution in [2.75, 3.05) is 0 Å². The highest BCUT2D eigenvalue weighted by atomic mass is 32.1. The van der Waals surface area contributed by atoms with Gasteiger partial charge in [0.05, 0.1) is 4.88 Å². The predicted molar refractivity (Wildman–Crippen MR) is 111 cm³/mol. The van der Waals surface area contributed by atoms with Gasteiger partial charge in [-0.05, 0) is 92.1 Å². The third kappa shape index (κ3) is 3.23. The average Bonchev–Trinajstić information content (AvgIpc) is 3.44. The SMILES string of the molecule is O=C(C=C(c1cc2c([nH]1)CCCC2)c1cc2c([nH]1)CCCC2)c1cccs1. The Balaban J connectivity index is 1.60. The summed E-state index contributed by atoms with van der Waals surface area (Å²) in [5, 5.41) is 1.96. The molecular weight excluding hydrogens is 352 g/mol. The van der Waals surface area contributed by atoms with Gasteiger partial charge in [0.25, 0.3) is 0 Å². The summed E-state index contributed by atoms with van der Waals surface area (Å²) in [6.45, 7) is 0. The van der Waals surface area contributed by atoms with Gasteiger partial charge >= 0.3 is 0 Å². The zero-order valence-corrected chi connectivity index (χ0v) is 16.3. The van der Waals surface area contributed by atoms with Gasteiger partial charge in [-0.15, -0.1) is 11.3 Å². The number of H-pyrrole nitrogens is 2. The van der Waals surface area contributed by atoms with Crippen LogP contribution in [0.1, 0.15) is 69.3 Å². The van der Waals surface area contributed by atoms with Crippen molar-refractivity contribution in [3.05, 3.63) is 74.5 Å². The Morgan fingerprint density at radius 2 is 1.48 bits per heavy atom. The molecule has 0 saturated carbocycles. The summed E-state index contributed by atoms with van der Waals surface area (Å²) in [4.78, 5) is 20.9. The molecule has 0 bridgehead atoms. The van der Waals surface area contributed by atoms with E-state index in [0.29, 0.717) is 0 Å². The van der Waals surface area contributed by atoms with Gasteiger partial charge in [-0.3, -0.25) is 4.79 Å². The molecule has 3 nitrogen and oxygen atoms in total. The van der Waals surface area contributed by atoms with Crippen molar-refractivity contribution in [3.8, 4) is 0 Å². The van der Waals surface area contributed by atoms with E-state index in [1.165, 1.54) is 59.5 Å². The molecule has 2 aliphatic rings. The average molecular weight is 377 g/mol. The molecule has 2 N–H and O–H groups in total. The first kappa shape index (κ1) is 16.8. The van der Waals surface area contributed by atoms with Crippen LogP contribution in [0.4, 0.5) is 0 Å². The highest BCUT2D eigenvalue weighted by Crippen LogP contribution is 2.32. The molecule has 0 spiro atoms. The minimum Gasteiger partial charge on any atom is -0.358 e. The Morgan fingerprint density at radius 1 is 0.889 bits per heavy atom. The van der Waals surface area contributed by atoms with Crippen LogP contribution in [-0.4, -0.2) is 15.8 Å². The van der Waals surface area contributed by atoms with Crippen molar-refractivity contribution in [1.82, 2.24) is 9.97 Å². The Labute approximate surface area is 163 Å².